The first-order chi connectivity index (χ1) is 8.56. The Balaban J connectivity index is 2.17. The average molecular weight is 281 g/mol. The number of anilines is 1. The predicted molar refractivity (Wildman–Crippen MR) is 77.9 cm³/mol. The molecule has 1 heterocycles. The van der Waals surface area contributed by atoms with E-state index in [1.165, 1.54) is 0 Å². The van der Waals surface area contributed by atoms with E-state index in [0.29, 0.717) is 16.6 Å². The first-order valence-corrected chi connectivity index (χ1v) is 6.15. The van der Waals surface area contributed by atoms with Gasteiger partial charge in [0.15, 0.2) is 0 Å². The Morgan fingerprint density at radius 1 is 1.56 bits per heavy atom. The number of aromatic nitrogens is 2. The van der Waals surface area contributed by atoms with Crippen molar-refractivity contribution in [2.75, 3.05) is 5.32 Å². The van der Waals surface area contributed by atoms with Crippen LogP contribution in [-0.4, -0.2) is 14.8 Å². The number of thiocarbonyl (C=S) groups is 1. The molecule has 0 saturated heterocycles. The summed E-state index contributed by atoms with van der Waals surface area (Å²) in [7, 11) is 1.88. The quantitative estimate of drug-likeness (QED) is 0.844. The summed E-state index contributed by atoms with van der Waals surface area (Å²) in [5.74, 6) is 0. The van der Waals surface area contributed by atoms with E-state index in [4.69, 9.17) is 29.6 Å². The topological polar surface area (TPSA) is 55.9 Å². The van der Waals surface area contributed by atoms with Gasteiger partial charge in [-0.1, -0.05) is 23.8 Å². The Bertz CT molecular complexity index is 579. The molecule has 0 spiro atoms. The molecule has 0 aliphatic carbocycles. The summed E-state index contributed by atoms with van der Waals surface area (Å²) in [4.78, 5) is 0.348. The van der Waals surface area contributed by atoms with Crippen LogP contribution in [0, 0.1) is 0 Å². The average Bonchev–Trinajstić information content (AvgIpc) is 2.72. The standard InChI is InChI=1S/C12H13ClN4S/c1-17-7-8(6-16-17)5-15-11-4-9(13)2-3-10(11)12(14)18/h2-4,6-7,15H,5H2,1H3,(H2,14,18). The van der Waals surface area contributed by atoms with Gasteiger partial charge in [0.25, 0.3) is 0 Å². The minimum atomic E-state index is 0.348. The minimum absolute atomic E-state index is 0.348. The molecule has 0 unspecified atom stereocenters. The fraction of sp³-hybridized carbons (Fsp3) is 0.167. The molecule has 94 valence electrons. The molecule has 0 saturated carbocycles. The zero-order valence-electron chi connectivity index (χ0n) is 9.85. The van der Waals surface area contributed by atoms with Crippen LogP contribution in [0.2, 0.25) is 5.02 Å². The fourth-order valence-electron chi connectivity index (χ4n) is 1.64. The van der Waals surface area contributed by atoms with Crippen molar-refractivity contribution in [1.82, 2.24) is 9.78 Å². The van der Waals surface area contributed by atoms with Crippen molar-refractivity contribution >= 4 is 34.5 Å². The smallest absolute Gasteiger partial charge is 0.106 e. The van der Waals surface area contributed by atoms with Crippen LogP contribution in [-0.2, 0) is 13.6 Å². The summed E-state index contributed by atoms with van der Waals surface area (Å²) in [5, 5.41) is 8.01. The summed E-state index contributed by atoms with van der Waals surface area (Å²) in [6.07, 6.45) is 3.75. The van der Waals surface area contributed by atoms with Crippen LogP contribution >= 0.6 is 23.8 Å². The highest BCUT2D eigenvalue weighted by molar-refractivity contribution is 7.80. The third-order valence-corrected chi connectivity index (χ3v) is 2.94. The number of aryl methyl sites for hydroxylation is 1. The van der Waals surface area contributed by atoms with Gasteiger partial charge in [0, 0.05) is 41.6 Å². The molecule has 2 aromatic rings. The maximum atomic E-state index is 5.97. The van der Waals surface area contributed by atoms with Gasteiger partial charge in [0.2, 0.25) is 0 Å². The van der Waals surface area contributed by atoms with Crippen LogP contribution < -0.4 is 11.1 Å². The number of halogens is 1. The van der Waals surface area contributed by atoms with E-state index < -0.39 is 0 Å². The van der Waals surface area contributed by atoms with Gasteiger partial charge >= 0.3 is 0 Å². The Hall–Kier alpha value is -1.59. The van der Waals surface area contributed by atoms with Crippen molar-refractivity contribution < 1.29 is 0 Å². The molecule has 0 aliphatic heterocycles. The third kappa shape index (κ3) is 3.00. The van der Waals surface area contributed by atoms with Crippen molar-refractivity contribution in [2.24, 2.45) is 12.8 Å². The van der Waals surface area contributed by atoms with E-state index in [9.17, 15) is 0 Å². The van der Waals surface area contributed by atoms with Crippen molar-refractivity contribution in [3.05, 3.63) is 46.7 Å². The lowest BCUT2D eigenvalue weighted by Gasteiger charge is -2.10. The lowest BCUT2D eigenvalue weighted by atomic mass is 10.1. The normalized spacial score (nSPS) is 10.3. The third-order valence-electron chi connectivity index (χ3n) is 2.49. The maximum absolute atomic E-state index is 5.97. The second-order valence-electron chi connectivity index (χ2n) is 3.93. The van der Waals surface area contributed by atoms with Gasteiger partial charge in [-0.05, 0) is 18.2 Å². The van der Waals surface area contributed by atoms with Gasteiger partial charge in [0.05, 0.1) is 6.20 Å². The van der Waals surface area contributed by atoms with Crippen LogP contribution in [0.5, 0.6) is 0 Å². The molecule has 6 heteroatoms. The van der Waals surface area contributed by atoms with Crippen LogP contribution in [0.25, 0.3) is 0 Å². The van der Waals surface area contributed by atoms with Crippen LogP contribution in [0.15, 0.2) is 30.6 Å². The molecular weight excluding hydrogens is 268 g/mol. The molecule has 0 bridgehead atoms. The van der Waals surface area contributed by atoms with Crippen molar-refractivity contribution in [3.8, 4) is 0 Å². The maximum Gasteiger partial charge on any atom is 0.106 e. The van der Waals surface area contributed by atoms with Gasteiger partial charge in [-0.15, -0.1) is 0 Å². The van der Waals surface area contributed by atoms with Gasteiger partial charge < -0.3 is 11.1 Å². The van der Waals surface area contributed by atoms with Crippen LogP contribution in [0.3, 0.4) is 0 Å². The van der Waals surface area contributed by atoms with Gasteiger partial charge in [-0.3, -0.25) is 4.68 Å². The SMILES string of the molecule is Cn1cc(CNc2cc(Cl)ccc2C(N)=S)cn1. The molecule has 1 aromatic carbocycles. The molecule has 18 heavy (non-hydrogen) atoms. The summed E-state index contributed by atoms with van der Waals surface area (Å²) < 4.78 is 1.75. The molecule has 1 aromatic heterocycles. The molecule has 2 rings (SSSR count). The van der Waals surface area contributed by atoms with Crippen LogP contribution in [0.4, 0.5) is 5.69 Å². The van der Waals surface area contributed by atoms with Crippen molar-refractivity contribution in [1.29, 1.82) is 0 Å². The molecule has 3 N–H and O–H groups in total. The number of hydrogen-bond acceptors (Lipinski definition) is 3. The molecule has 0 amide bonds. The van der Waals surface area contributed by atoms with E-state index in [2.05, 4.69) is 10.4 Å². The summed E-state index contributed by atoms with van der Waals surface area (Å²) in [5.41, 5.74) is 8.37. The van der Waals surface area contributed by atoms with E-state index in [-0.39, 0.29) is 0 Å². The predicted octanol–water partition coefficient (Wildman–Crippen LogP) is 2.32. The summed E-state index contributed by atoms with van der Waals surface area (Å²) >= 11 is 11.0. The number of rotatable bonds is 4. The Kier molecular flexibility index (Phi) is 3.84. The number of nitrogens with one attached hydrogen (secondary N) is 1. The molecule has 0 aliphatic rings. The Labute approximate surface area is 116 Å². The second-order valence-corrected chi connectivity index (χ2v) is 4.81. The molecule has 4 nitrogen and oxygen atoms in total. The number of benzene rings is 1. The first kappa shape index (κ1) is 12.9. The highest BCUT2D eigenvalue weighted by Gasteiger charge is 2.06. The summed E-state index contributed by atoms with van der Waals surface area (Å²) in [6, 6.07) is 5.40. The Morgan fingerprint density at radius 2 is 2.33 bits per heavy atom. The number of nitrogens with zero attached hydrogens (tertiary/aromatic N) is 2. The highest BCUT2D eigenvalue weighted by atomic mass is 35.5. The number of nitrogens with two attached hydrogens (primary N) is 1. The van der Waals surface area contributed by atoms with Gasteiger partial charge in [-0.2, -0.15) is 5.10 Å². The minimum Gasteiger partial charge on any atom is -0.389 e. The van der Waals surface area contributed by atoms with Crippen molar-refractivity contribution in [3.63, 3.8) is 0 Å². The molecule has 0 fully saturated rings. The van der Waals surface area contributed by atoms with Gasteiger partial charge in [-0.25, -0.2) is 0 Å². The van der Waals surface area contributed by atoms with E-state index in [1.54, 1.807) is 16.9 Å². The van der Waals surface area contributed by atoms with Crippen molar-refractivity contribution in [2.45, 2.75) is 6.54 Å². The molecule has 0 radical (unpaired) electrons. The molecular formula is C12H13ClN4S. The van der Waals surface area contributed by atoms with E-state index in [0.717, 1.165) is 16.8 Å². The second kappa shape index (κ2) is 5.37. The van der Waals surface area contributed by atoms with E-state index >= 15 is 0 Å². The number of hydrogen-bond donors (Lipinski definition) is 2. The van der Waals surface area contributed by atoms with Crippen LogP contribution in [0.1, 0.15) is 11.1 Å². The monoisotopic (exact) mass is 280 g/mol. The fourth-order valence-corrected chi connectivity index (χ4v) is 1.99. The summed E-state index contributed by atoms with van der Waals surface area (Å²) in [6.45, 7) is 0.643. The highest BCUT2D eigenvalue weighted by Crippen LogP contribution is 2.21. The molecule has 0 atom stereocenters. The zero-order chi connectivity index (χ0) is 13.1. The lowest BCUT2D eigenvalue weighted by Crippen LogP contribution is -2.13. The lowest BCUT2D eigenvalue weighted by molar-refractivity contribution is 0.767. The zero-order valence-corrected chi connectivity index (χ0v) is 11.4. The van der Waals surface area contributed by atoms with E-state index in [1.807, 2.05) is 25.4 Å². The Morgan fingerprint density at radius 3 is 2.94 bits per heavy atom. The van der Waals surface area contributed by atoms with Gasteiger partial charge in [0.1, 0.15) is 4.99 Å². The largest absolute Gasteiger partial charge is 0.389 e. The first-order valence-electron chi connectivity index (χ1n) is 5.37.